The molecule has 0 saturated carbocycles. The molecule has 1 amide bonds. The third-order valence-electron chi connectivity index (χ3n) is 2.03. The molecule has 1 atom stereocenters. The summed E-state index contributed by atoms with van der Waals surface area (Å²) in [6.07, 6.45) is 0. The van der Waals surface area contributed by atoms with Gasteiger partial charge in [-0.2, -0.15) is 5.21 Å². The Hall–Kier alpha value is -1.50. The highest BCUT2D eigenvalue weighted by Gasteiger charge is 2.27. The van der Waals surface area contributed by atoms with Gasteiger partial charge in [0.1, 0.15) is 0 Å². The van der Waals surface area contributed by atoms with Gasteiger partial charge in [0.25, 0.3) is 0 Å². The van der Waals surface area contributed by atoms with E-state index in [1.54, 1.807) is 0 Å². The summed E-state index contributed by atoms with van der Waals surface area (Å²) in [5, 5.41) is 15.7. The van der Waals surface area contributed by atoms with Crippen LogP contribution in [0.1, 0.15) is 26.6 Å². The van der Waals surface area contributed by atoms with Gasteiger partial charge in [0.15, 0.2) is 5.82 Å². The molecule has 1 rings (SSSR count). The molecule has 1 aromatic rings. The molecule has 7 nitrogen and oxygen atoms in total. The molecule has 0 aromatic carbocycles. The Kier molecular flexibility index (Phi) is 3.35. The number of aromatic nitrogens is 4. The first-order valence-electron chi connectivity index (χ1n) is 4.67. The van der Waals surface area contributed by atoms with Crippen molar-refractivity contribution in [3.05, 3.63) is 5.82 Å². The molecule has 0 bridgehead atoms. The maximum Gasteiger partial charge on any atom is 0.237 e. The van der Waals surface area contributed by atoms with E-state index in [0.717, 1.165) is 0 Å². The van der Waals surface area contributed by atoms with Crippen LogP contribution < -0.4 is 11.1 Å². The minimum absolute atomic E-state index is 0.215. The lowest BCUT2D eigenvalue weighted by atomic mass is 9.87. The number of tetrazole rings is 1. The predicted octanol–water partition coefficient (Wildman–Crippen LogP) is -0.811. The fourth-order valence-corrected chi connectivity index (χ4v) is 0.927. The van der Waals surface area contributed by atoms with E-state index in [1.165, 1.54) is 0 Å². The molecular formula is C8H16N6O. The fourth-order valence-electron chi connectivity index (χ4n) is 0.927. The Morgan fingerprint density at radius 1 is 1.60 bits per heavy atom. The van der Waals surface area contributed by atoms with Crippen molar-refractivity contribution in [1.82, 2.24) is 25.9 Å². The Morgan fingerprint density at radius 3 is 2.73 bits per heavy atom. The molecule has 0 aliphatic carbocycles. The molecule has 7 heteroatoms. The lowest BCUT2D eigenvalue weighted by molar-refractivity contribution is -0.124. The number of carbonyl (C=O) groups is 1. The third kappa shape index (κ3) is 3.28. The molecule has 1 aromatic heterocycles. The van der Waals surface area contributed by atoms with E-state index in [0.29, 0.717) is 5.82 Å². The summed E-state index contributed by atoms with van der Waals surface area (Å²) in [5.74, 6) is 0.219. The second kappa shape index (κ2) is 4.35. The number of aromatic amines is 1. The van der Waals surface area contributed by atoms with Crippen molar-refractivity contribution in [2.45, 2.75) is 33.4 Å². The number of nitrogens with one attached hydrogen (secondary N) is 2. The first-order chi connectivity index (χ1) is 6.91. The molecule has 0 unspecified atom stereocenters. The summed E-state index contributed by atoms with van der Waals surface area (Å²) >= 11 is 0. The van der Waals surface area contributed by atoms with Crippen LogP contribution in [0, 0.1) is 5.41 Å². The van der Waals surface area contributed by atoms with Gasteiger partial charge in [0.2, 0.25) is 5.91 Å². The molecular weight excluding hydrogens is 196 g/mol. The van der Waals surface area contributed by atoms with Crippen molar-refractivity contribution >= 4 is 5.91 Å². The minimum atomic E-state index is -0.551. The van der Waals surface area contributed by atoms with Crippen LogP contribution in [-0.4, -0.2) is 32.6 Å². The highest BCUT2D eigenvalue weighted by molar-refractivity contribution is 5.82. The van der Waals surface area contributed by atoms with Crippen LogP contribution in [0.3, 0.4) is 0 Å². The summed E-state index contributed by atoms with van der Waals surface area (Å²) in [6.45, 7) is 5.96. The van der Waals surface area contributed by atoms with Crippen LogP contribution in [0.2, 0.25) is 0 Å². The smallest absolute Gasteiger partial charge is 0.237 e. The number of hydrogen-bond acceptors (Lipinski definition) is 5. The highest BCUT2D eigenvalue weighted by atomic mass is 16.2. The van der Waals surface area contributed by atoms with Crippen LogP contribution in [0.25, 0.3) is 0 Å². The standard InChI is InChI=1S/C8H16N6O/c1-8(2,3)6(9)7(15)10-4-5-11-13-14-12-5/h6H,4,9H2,1-3H3,(H,10,15)(H,11,12,13,14)/t6-/m1/s1. The van der Waals surface area contributed by atoms with Gasteiger partial charge in [0.05, 0.1) is 12.6 Å². The van der Waals surface area contributed by atoms with Crippen molar-refractivity contribution in [1.29, 1.82) is 0 Å². The molecule has 0 saturated heterocycles. The predicted molar refractivity (Wildman–Crippen MR) is 53.5 cm³/mol. The van der Waals surface area contributed by atoms with Crippen LogP contribution in [0.15, 0.2) is 0 Å². The van der Waals surface area contributed by atoms with Crippen LogP contribution >= 0.6 is 0 Å². The van der Waals surface area contributed by atoms with Gasteiger partial charge >= 0.3 is 0 Å². The van der Waals surface area contributed by atoms with Crippen LogP contribution in [0.5, 0.6) is 0 Å². The lowest BCUT2D eigenvalue weighted by Crippen LogP contribution is -2.48. The zero-order chi connectivity index (χ0) is 11.5. The average molecular weight is 212 g/mol. The van der Waals surface area contributed by atoms with E-state index in [9.17, 15) is 4.79 Å². The summed E-state index contributed by atoms with van der Waals surface area (Å²) in [4.78, 5) is 11.6. The average Bonchev–Trinajstić information content (AvgIpc) is 2.63. The molecule has 4 N–H and O–H groups in total. The molecule has 15 heavy (non-hydrogen) atoms. The van der Waals surface area contributed by atoms with Gasteiger partial charge in [-0.15, -0.1) is 10.2 Å². The van der Waals surface area contributed by atoms with E-state index in [4.69, 9.17) is 5.73 Å². The number of rotatable bonds is 3. The van der Waals surface area contributed by atoms with Crippen molar-refractivity contribution in [3.63, 3.8) is 0 Å². The number of carbonyl (C=O) groups excluding carboxylic acids is 1. The summed E-state index contributed by atoms with van der Waals surface area (Å²) < 4.78 is 0. The Balaban J connectivity index is 2.43. The first-order valence-corrected chi connectivity index (χ1v) is 4.67. The Bertz CT molecular complexity index is 314. The molecule has 0 fully saturated rings. The maximum atomic E-state index is 11.6. The topological polar surface area (TPSA) is 110 Å². The van der Waals surface area contributed by atoms with E-state index in [-0.39, 0.29) is 17.9 Å². The second-order valence-electron chi connectivity index (χ2n) is 4.39. The van der Waals surface area contributed by atoms with Gasteiger partial charge in [-0.05, 0) is 5.41 Å². The second-order valence-corrected chi connectivity index (χ2v) is 4.39. The van der Waals surface area contributed by atoms with Gasteiger partial charge in [0, 0.05) is 0 Å². The van der Waals surface area contributed by atoms with Gasteiger partial charge in [-0.1, -0.05) is 26.0 Å². The quantitative estimate of drug-likeness (QED) is 0.607. The van der Waals surface area contributed by atoms with Crippen molar-refractivity contribution in [2.75, 3.05) is 0 Å². The normalized spacial score (nSPS) is 13.6. The largest absolute Gasteiger partial charge is 0.347 e. The number of amides is 1. The summed E-state index contributed by atoms with van der Waals surface area (Å²) in [5.41, 5.74) is 5.49. The zero-order valence-corrected chi connectivity index (χ0v) is 9.11. The zero-order valence-electron chi connectivity index (χ0n) is 9.11. The molecule has 84 valence electrons. The number of H-pyrrole nitrogens is 1. The maximum absolute atomic E-state index is 11.6. The molecule has 0 spiro atoms. The number of hydrogen-bond donors (Lipinski definition) is 3. The van der Waals surface area contributed by atoms with E-state index in [2.05, 4.69) is 25.9 Å². The SMILES string of the molecule is CC(C)(C)[C@H](N)C(=O)NCc1nn[nH]n1. The van der Waals surface area contributed by atoms with Gasteiger partial charge < -0.3 is 11.1 Å². The number of nitrogens with two attached hydrogens (primary N) is 1. The van der Waals surface area contributed by atoms with E-state index < -0.39 is 6.04 Å². The molecule has 0 radical (unpaired) electrons. The minimum Gasteiger partial charge on any atom is -0.347 e. The van der Waals surface area contributed by atoms with Crippen molar-refractivity contribution < 1.29 is 4.79 Å². The molecule has 1 heterocycles. The van der Waals surface area contributed by atoms with Crippen LogP contribution in [-0.2, 0) is 11.3 Å². The van der Waals surface area contributed by atoms with Crippen LogP contribution in [0.4, 0.5) is 0 Å². The van der Waals surface area contributed by atoms with E-state index in [1.807, 2.05) is 20.8 Å². The summed E-state index contributed by atoms with van der Waals surface area (Å²) in [7, 11) is 0. The third-order valence-corrected chi connectivity index (χ3v) is 2.03. The summed E-state index contributed by atoms with van der Waals surface area (Å²) in [6, 6.07) is -0.551. The molecule has 0 aliphatic rings. The van der Waals surface area contributed by atoms with Gasteiger partial charge in [-0.25, -0.2) is 0 Å². The molecule has 0 aliphatic heterocycles. The Morgan fingerprint density at radius 2 is 2.27 bits per heavy atom. The number of nitrogens with zero attached hydrogens (tertiary/aromatic N) is 3. The lowest BCUT2D eigenvalue weighted by Gasteiger charge is -2.25. The first kappa shape index (κ1) is 11.6. The fraction of sp³-hybridized carbons (Fsp3) is 0.750. The van der Waals surface area contributed by atoms with Gasteiger partial charge in [-0.3, -0.25) is 4.79 Å². The Labute approximate surface area is 87.8 Å². The monoisotopic (exact) mass is 212 g/mol. The highest BCUT2D eigenvalue weighted by Crippen LogP contribution is 2.17. The van der Waals surface area contributed by atoms with Crippen molar-refractivity contribution in [3.8, 4) is 0 Å². The van der Waals surface area contributed by atoms with E-state index >= 15 is 0 Å². The van der Waals surface area contributed by atoms with Crippen molar-refractivity contribution in [2.24, 2.45) is 11.1 Å².